The van der Waals surface area contributed by atoms with Gasteiger partial charge in [-0.1, -0.05) is 20.8 Å². The fourth-order valence-electron chi connectivity index (χ4n) is 2.66. The van der Waals surface area contributed by atoms with Crippen LogP contribution >= 0.6 is 11.8 Å². The number of pyridine rings is 1. The van der Waals surface area contributed by atoms with E-state index in [0.29, 0.717) is 24.6 Å². The van der Waals surface area contributed by atoms with Crippen LogP contribution in [0.3, 0.4) is 0 Å². The average Bonchev–Trinajstić information content (AvgIpc) is 3.01. The number of carbonyl (C=O) groups is 2. The fourth-order valence-corrected chi connectivity index (χ4v) is 3.83. The number of amides is 2. The zero-order chi connectivity index (χ0) is 17.7. The lowest BCUT2D eigenvalue weighted by Gasteiger charge is -2.29. The van der Waals surface area contributed by atoms with Gasteiger partial charge < -0.3 is 9.80 Å². The van der Waals surface area contributed by atoms with E-state index in [2.05, 4.69) is 4.98 Å². The summed E-state index contributed by atoms with van der Waals surface area (Å²) in [4.78, 5) is 32.8. The van der Waals surface area contributed by atoms with Gasteiger partial charge in [-0.15, -0.1) is 11.8 Å². The first-order chi connectivity index (χ1) is 11.3. The molecule has 0 N–H and O–H groups in total. The van der Waals surface area contributed by atoms with Gasteiger partial charge in [-0.25, -0.2) is 0 Å². The topological polar surface area (TPSA) is 53.5 Å². The highest BCUT2D eigenvalue weighted by molar-refractivity contribution is 7.99. The molecule has 2 amide bonds. The van der Waals surface area contributed by atoms with Gasteiger partial charge in [-0.05, 0) is 29.5 Å². The molecule has 0 aliphatic carbocycles. The Morgan fingerprint density at radius 1 is 1.33 bits per heavy atom. The van der Waals surface area contributed by atoms with Crippen LogP contribution in [0, 0.1) is 5.41 Å². The second kappa shape index (κ2) is 8.01. The second-order valence-electron chi connectivity index (χ2n) is 7.48. The zero-order valence-corrected chi connectivity index (χ0v) is 15.8. The van der Waals surface area contributed by atoms with E-state index in [9.17, 15) is 9.59 Å². The summed E-state index contributed by atoms with van der Waals surface area (Å²) in [6, 6.07) is 3.60. The van der Waals surface area contributed by atoms with Crippen molar-refractivity contribution in [1.82, 2.24) is 14.8 Å². The SMILES string of the molecule is CN(CCc1ccncc1)C(=O)[C@H]1CSCN1C(=O)CC(C)(C)C. The molecule has 1 atom stereocenters. The van der Waals surface area contributed by atoms with E-state index in [1.165, 1.54) is 0 Å². The summed E-state index contributed by atoms with van der Waals surface area (Å²) in [5, 5.41) is 0. The van der Waals surface area contributed by atoms with Crippen molar-refractivity contribution in [1.29, 1.82) is 0 Å². The third kappa shape index (κ3) is 5.23. The van der Waals surface area contributed by atoms with Crippen molar-refractivity contribution in [3.8, 4) is 0 Å². The molecule has 0 unspecified atom stereocenters. The van der Waals surface area contributed by atoms with Crippen LogP contribution in [0.4, 0.5) is 0 Å². The molecule has 1 saturated heterocycles. The summed E-state index contributed by atoms with van der Waals surface area (Å²) >= 11 is 1.65. The van der Waals surface area contributed by atoms with Gasteiger partial charge in [0.15, 0.2) is 0 Å². The first kappa shape index (κ1) is 18.8. The summed E-state index contributed by atoms with van der Waals surface area (Å²) in [7, 11) is 1.82. The van der Waals surface area contributed by atoms with E-state index in [-0.39, 0.29) is 23.3 Å². The molecule has 5 nitrogen and oxygen atoms in total. The van der Waals surface area contributed by atoms with E-state index < -0.39 is 0 Å². The highest BCUT2D eigenvalue weighted by Crippen LogP contribution is 2.27. The Hall–Kier alpha value is -1.56. The molecule has 0 radical (unpaired) electrons. The highest BCUT2D eigenvalue weighted by atomic mass is 32.2. The van der Waals surface area contributed by atoms with Crippen LogP contribution in [-0.4, -0.2) is 57.9 Å². The number of aromatic nitrogens is 1. The smallest absolute Gasteiger partial charge is 0.246 e. The Morgan fingerprint density at radius 2 is 2.00 bits per heavy atom. The van der Waals surface area contributed by atoms with Crippen molar-refractivity contribution >= 4 is 23.6 Å². The molecule has 6 heteroatoms. The van der Waals surface area contributed by atoms with Crippen LogP contribution in [0.15, 0.2) is 24.5 Å². The molecule has 0 spiro atoms. The van der Waals surface area contributed by atoms with Crippen LogP contribution in [0.5, 0.6) is 0 Å². The van der Waals surface area contributed by atoms with Crippen LogP contribution in [0.25, 0.3) is 0 Å². The van der Waals surface area contributed by atoms with Crippen molar-refractivity contribution < 1.29 is 9.59 Å². The van der Waals surface area contributed by atoms with E-state index in [0.717, 1.165) is 12.0 Å². The van der Waals surface area contributed by atoms with Crippen LogP contribution in [-0.2, 0) is 16.0 Å². The third-order valence-electron chi connectivity index (χ3n) is 4.03. The minimum Gasteiger partial charge on any atom is -0.344 e. The predicted molar refractivity (Wildman–Crippen MR) is 97.6 cm³/mol. The quantitative estimate of drug-likeness (QED) is 0.819. The van der Waals surface area contributed by atoms with E-state index in [1.807, 2.05) is 40.0 Å². The standard InChI is InChI=1S/C18H27N3O2S/c1-18(2,3)11-16(22)21-13-24-12-15(21)17(23)20(4)10-7-14-5-8-19-9-6-14/h5-6,8-9,15H,7,10-13H2,1-4H3/t15-/m1/s1. The molecular weight excluding hydrogens is 322 g/mol. The molecule has 1 aromatic heterocycles. The molecule has 0 saturated carbocycles. The number of likely N-dealkylation sites (N-methyl/N-ethyl adjacent to an activating group) is 1. The normalized spacial score (nSPS) is 17.8. The molecule has 2 heterocycles. The summed E-state index contributed by atoms with van der Waals surface area (Å²) in [5.74, 6) is 1.42. The fraction of sp³-hybridized carbons (Fsp3) is 0.611. The Balaban J connectivity index is 1.93. The summed E-state index contributed by atoms with van der Waals surface area (Å²) < 4.78 is 0. The molecule has 24 heavy (non-hydrogen) atoms. The molecule has 0 aromatic carbocycles. The van der Waals surface area contributed by atoms with Crippen molar-refractivity contribution in [2.24, 2.45) is 5.41 Å². The van der Waals surface area contributed by atoms with Gasteiger partial charge in [0.05, 0.1) is 5.88 Å². The van der Waals surface area contributed by atoms with Crippen LogP contribution in [0.1, 0.15) is 32.8 Å². The van der Waals surface area contributed by atoms with Gasteiger partial charge >= 0.3 is 0 Å². The maximum absolute atomic E-state index is 12.8. The minimum atomic E-state index is -0.327. The minimum absolute atomic E-state index is 0.0383. The number of thioether (sulfide) groups is 1. The lowest BCUT2D eigenvalue weighted by Crippen LogP contribution is -2.48. The molecule has 1 aliphatic rings. The Morgan fingerprint density at radius 3 is 2.62 bits per heavy atom. The van der Waals surface area contributed by atoms with Crippen LogP contribution in [0.2, 0.25) is 0 Å². The summed E-state index contributed by atoms with van der Waals surface area (Å²) in [5.41, 5.74) is 1.09. The molecule has 2 rings (SSSR count). The monoisotopic (exact) mass is 349 g/mol. The van der Waals surface area contributed by atoms with E-state index in [4.69, 9.17) is 0 Å². The number of hydrogen-bond acceptors (Lipinski definition) is 4. The zero-order valence-electron chi connectivity index (χ0n) is 15.0. The molecular formula is C18H27N3O2S. The molecule has 132 valence electrons. The van der Waals surface area contributed by atoms with Gasteiger partial charge in [0.25, 0.3) is 0 Å². The largest absolute Gasteiger partial charge is 0.344 e. The number of carbonyl (C=O) groups excluding carboxylic acids is 2. The maximum atomic E-state index is 12.8. The van der Waals surface area contributed by atoms with Crippen molar-refractivity contribution in [3.05, 3.63) is 30.1 Å². The van der Waals surface area contributed by atoms with Gasteiger partial charge in [0.2, 0.25) is 11.8 Å². The highest BCUT2D eigenvalue weighted by Gasteiger charge is 2.37. The van der Waals surface area contributed by atoms with Gasteiger partial charge in [-0.3, -0.25) is 14.6 Å². The second-order valence-corrected chi connectivity index (χ2v) is 8.48. The van der Waals surface area contributed by atoms with Crippen molar-refractivity contribution in [3.63, 3.8) is 0 Å². The Bertz CT molecular complexity index is 571. The van der Waals surface area contributed by atoms with E-state index >= 15 is 0 Å². The van der Waals surface area contributed by atoms with Crippen molar-refractivity contribution in [2.45, 2.75) is 39.7 Å². The Labute approximate surface area is 148 Å². The molecule has 0 bridgehead atoms. The Kier molecular flexibility index (Phi) is 6.27. The third-order valence-corrected chi connectivity index (χ3v) is 5.04. The molecule has 1 fully saturated rings. The summed E-state index contributed by atoms with van der Waals surface area (Å²) in [6.45, 7) is 6.79. The summed E-state index contributed by atoms with van der Waals surface area (Å²) in [6.07, 6.45) is 4.79. The number of nitrogens with zero attached hydrogens (tertiary/aromatic N) is 3. The van der Waals surface area contributed by atoms with Gasteiger partial charge in [0.1, 0.15) is 6.04 Å². The maximum Gasteiger partial charge on any atom is 0.246 e. The molecule has 1 aliphatic heterocycles. The van der Waals surface area contributed by atoms with Gasteiger partial charge in [0, 0.05) is 38.2 Å². The van der Waals surface area contributed by atoms with Crippen LogP contribution < -0.4 is 0 Å². The van der Waals surface area contributed by atoms with Gasteiger partial charge in [-0.2, -0.15) is 0 Å². The first-order valence-corrected chi connectivity index (χ1v) is 9.44. The number of rotatable bonds is 5. The first-order valence-electron chi connectivity index (χ1n) is 8.29. The predicted octanol–water partition coefficient (Wildman–Crippen LogP) is 2.42. The lowest BCUT2D eigenvalue weighted by molar-refractivity contribution is -0.143. The molecule has 1 aromatic rings. The lowest BCUT2D eigenvalue weighted by atomic mass is 9.91. The number of hydrogen-bond donors (Lipinski definition) is 0. The van der Waals surface area contributed by atoms with E-state index in [1.54, 1.807) is 34.0 Å². The average molecular weight is 350 g/mol. The van der Waals surface area contributed by atoms with Crippen molar-refractivity contribution in [2.75, 3.05) is 25.2 Å².